The smallest absolute Gasteiger partial charge is 0.185 e. The Balaban J connectivity index is 1.92. The van der Waals surface area contributed by atoms with Crippen LogP contribution in [0.2, 0.25) is 0 Å². The summed E-state index contributed by atoms with van der Waals surface area (Å²) in [5.74, 6) is 0.927. The van der Waals surface area contributed by atoms with Crippen LogP contribution in [0.5, 0.6) is 0 Å². The minimum Gasteiger partial charge on any atom is -0.351 e. The Morgan fingerprint density at radius 1 is 1.64 bits per heavy atom. The van der Waals surface area contributed by atoms with Gasteiger partial charge in [0.25, 0.3) is 0 Å². The summed E-state index contributed by atoms with van der Waals surface area (Å²) >= 11 is 1.79. The van der Waals surface area contributed by atoms with E-state index in [1.54, 1.807) is 11.3 Å². The van der Waals surface area contributed by atoms with E-state index < -0.39 is 0 Å². The van der Waals surface area contributed by atoms with Gasteiger partial charge in [-0.15, -0.1) is 11.3 Å². The summed E-state index contributed by atoms with van der Waals surface area (Å²) < 4.78 is 0. The van der Waals surface area contributed by atoms with E-state index in [0.29, 0.717) is 0 Å². The summed E-state index contributed by atoms with van der Waals surface area (Å²) in [5, 5.41) is 4.30. The average molecular weight is 211 g/mol. The third kappa shape index (κ3) is 2.45. The van der Waals surface area contributed by atoms with Crippen LogP contribution in [-0.2, 0) is 6.54 Å². The van der Waals surface area contributed by atoms with Gasteiger partial charge in [-0.2, -0.15) is 0 Å². The average Bonchev–Trinajstić information content (AvgIpc) is 2.83. The molecule has 1 aliphatic carbocycles. The zero-order valence-electron chi connectivity index (χ0n) is 8.79. The molecule has 1 aromatic heterocycles. The maximum atomic E-state index is 4.42. The van der Waals surface area contributed by atoms with Gasteiger partial charge in [0, 0.05) is 31.2 Å². The van der Waals surface area contributed by atoms with Crippen molar-refractivity contribution in [3.8, 4) is 0 Å². The van der Waals surface area contributed by atoms with Crippen molar-refractivity contribution in [3.63, 3.8) is 0 Å². The van der Waals surface area contributed by atoms with Crippen molar-refractivity contribution in [2.24, 2.45) is 5.92 Å². The van der Waals surface area contributed by atoms with E-state index in [1.807, 2.05) is 13.2 Å². The topological polar surface area (TPSA) is 28.2 Å². The SMILES string of the molecule is CNCc1cnc(N(C)CC2CC2)s1. The predicted octanol–water partition coefficient (Wildman–Crippen LogP) is 1.71. The maximum Gasteiger partial charge on any atom is 0.185 e. The predicted molar refractivity (Wildman–Crippen MR) is 60.9 cm³/mol. The fourth-order valence-corrected chi connectivity index (χ4v) is 2.39. The lowest BCUT2D eigenvalue weighted by atomic mass is 10.4. The molecule has 1 fully saturated rings. The lowest BCUT2D eigenvalue weighted by Gasteiger charge is -2.14. The van der Waals surface area contributed by atoms with Gasteiger partial charge < -0.3 is 10.2 Å². The number of nitrogens with one attached hydrogen (secondary N) is 1. The van der Waals surface area contributed by atoms with Gasteiger partial charge in [-0.3, -0.25) is 0 Å². The van der Waals surface area contributed by atoms with Crippen molar-refractivity contribution in [1.29, 1.82) is 0 Å². The van der Waals surface area contributed by atoms with Crippen LogP contribution in [0.15, 0.2) is 6.20 Å². The second kappa shape index (κ2) is 4.28. The third-order valence-electron chi connectivity index (χ3n) is 2.45. The highest BCUT2D eigenvalue weighted by Gasteiger charge is 2.23. The zero-order valence-corrected chi connectivity index (χ0v) is 9.60. The number of hydrogen-bond donors (Lipinski definition) is 1. The number of hydrogen-bond acceptors (Lipinski definition) is 4. The van der Waals surface area contributed by atoms with E-state index in [0.717, 1.165) is 17.6 Å². The van der Waals surface area contributed by atoms with Gasteiger partial charge in [0.15, 0.2) is 5.13 Å². The Kier molecular flexibility index (Phi) is 3.03. The van der Waals surface area contributed by atoms with E-state index in [2.05, 4.69) is 22.2 Å². The summed E-state index contributed by atoms with van der Waals surface area (Å²) in [6.07, 6.45) is 4.78. The molecule has 0 aliphatic heterocycles. The molecule has 3 nitrogen and oxygen atoms in total. The van der Waals surface area contributed by atoms with E-state index in [4.69, 9.17) is 0 Å². The molecule has 1 saturated carbocycles. The number of nitrogens with zero attached hydrogens (tertiary/aromatic N) is 2. The highest BCUT2D eigenvalue weighted by Crippen LogP contribution is 2.31. The Hall–Kier alpha value is -0.610. The minimum absolute atomic E-state index is 0.926. The molecule has 78 valence electrons. The molecule has 1 aromatic rings. The molecule has 14 heavy (non-hydrogen) atoms. The molecular weight excluding hydrogens is 194 g/mol. The van der Waals surface area contributed by atoms with Gasteiger partial charge >= 0.3 is 0 Å². The number of anilines is 1. The molecule has 4 heteroatoms. The van der Waals surface area contributed by atoms with Crippen molar-refractivity contribution in [1.82, 2.24) is 10.3 Å². The Morgan fingerprint density at radius 3 is 3.07 bits per heavy atom. The van der Waals surface area contributed by atoms with Crippen molar-refractivity contribution < 1.29 is 0 Å². The van der Waals surface area contributed by atoms with Gasteiger partial charge in [0.05, 0.1) is 0 Å². The standard InChI is InChI=1S/C10H17N3S/c1-11-5-9-6-12-10(14-9)13(2)7-8-3-4-8/h6,8,11H,3-5,7H2,1-2H3. The minimum atomic E-state index is 0.926. The Morgan fingerprint density at radius 2 is 2.43 bits per heavy atom. The molecule has 1 N–H and O–H groups in total. The summed E-state index contributed by atoms with van der Waals surface area (Å²) in [7, 11) is 4.10. The van der Waals surface area contributed by atoms with E-state index in [-0.39, 0.29) is 0 Å². The zero-order chi connectivity index (χ0) is 9.97. The van der Waals surface area contributed by atoms with Crippen LogP contribution in [0.25, 0.3) is 0 Å². The quantitative estimate of drug-likeness (QED) is 0.803. The van der Waals surface area contributed by atoms with E-state index in [1.165, 1.54) is 24.3 Å². The number of aromatic nitrogens is 1. The van der Waals surface area contributed by atoms with Crippen molar-refractivity contribution in [2.75, 3.05) is 25.5 Å². The van der Waals surface area contributed by atoms with Crippen LogP contribution in [0.3, 0.4) is 0 Å². The highest BCUT2D eigenvalue weighted by atomic mass is 32.1. The first kappa shape index (κ1) is 9.93. The molecule has 0 amide bonds. The number of thiazole rings is 1. The third-order valence-corrected chi connectivity index (χ3v) is 3.56. The largest absolute Gasteiger partial charge is 0.351 e. The first-order valence-electron chi connectivity index (χ1n) is 5.10. The first-order valence-corrected chi connectivity index (χ1v) is 5.91. The summed E-state index contributed by atoms with van der Waals surface area (Å²) in [6.45, 7) is 2.10. The van der Waals surface area contributed by atoms with Gasteiger partial charge in [-0.1, -0.05) is 0 Å². The molecule has 0 saturated heterocycles. The van der Waals surface area contributed by atoms with Crippen LogP contribution in [0.4, 0.5) is 5.13 Å². The fraction of sp³-hybridized carbons (Fsp3) is 0.700. The molecule has 0 spiro atoms. The summed E-state index contributed by atoms with van der Waals surface area (Å²) in [5.41, 5.74) is 0. The van der Waals surface area contributed by atoms with Gasteiger partial charge in [0.1, 0.15) is 0 Å². The van der Waals surface area contributed by atoms with Crippen LogP contribution in [0, 0.1) is 5.92 Å². The fourth-order valence-electron chi connectivity index (χ4n) is 1.50. The van der Waals surface area contributed by atoms with E-state index >= 15 is 0 Å². The lowest BCUT2D eigenvalue weighted by Crippen LogP contribution is -2.19. The molecular formula is C10H17N3S. The lowest BCUT2D eigenvalue weighted by molar-refractivity contribution is 0.784. The van der Waals surface area contributed by atoms with Crippen LogP contribution in [0.1, 0.15) is 17.7 Å². The molecule has 1 heterocycles. The molecule has 0 unspecified atom stereocenters. The second-order valence-electron chi connectivity index (χ2n) is 3.96. The van der Waals surface area contributed by atoms with E-state index in [9.17, 15) is 0 Å². The Labute approximate surface area is 89.1 Å². The van der Waals surface area contributed by atoms with Gasteiger partial charge in [-0.25, -0.2) is 4.98 Å². The van der Waals surface area contributed by atoms with Crippen LogP contribution >= 0.6 is 11.3 Å². The Bertz CT molecular complexity index is 293. The van der Waals surface area contributed by atoms with Crippen molar-refractivity contribution in [2.45, 2.75) is 19.4 Å². The van der Waals surface area contributed by atoms with Crippen LogP contribution < -0.4 is 10.2 Å². The second-order valence-corrected chi connectivity index (χ2v) is 5.06. The number of rotatable bonds is 5. The summed E-state index contributed by atoms with van der Waals surface area (Å²) in [6, 6.07) is 0. The molecule has 0 atom stereocenters. The van der Waals surface area contributed by atoms with Gasteiger partial charge in [0.2, 0.25) is 0 Å². The highest BCUT2D eigenvalue weighted by molar-refractivity contribution is 7.15. The molecule has 1 aliphatic rings. The van der Waals surface area contributed by atoms with Gasteiger partial charge in [-0.05, 0) is 25.8 Å². The first-order chi connectivity index (χ1) is 6.79. The van der Waals surface area contributed by atoms with Crippen molar-refractivity contribution in [3.05, 3.63) is 11.1 Å². The monoisotopic (exact) mass is 211 g/mol. The molecule has 0 radical (unpaired) electrons. The maximum absolute atomic E-state index is 4.42. The van der Waals surface area contributed by atoms with Crippen molar-refractivity contribution >= 4 is 16.5 Å². The van der Waals surface area contributed by atoms with Crippen LogP contribution in [-0.4, -0.2) is 25.6 Å². The summed E-state index contributed by atoms with van der Waals surface area (Å²) in [4.78, 5) is 8.01. The molecule has 0 aromatic carbocycles. The normalized spacial score (nSPS) is 15.9. The molecule has 0 bridgehead atoms. The molecule has 2 rings (SSSR count).